The molecule has 1 aliphatic rings. The van der Waals surface area contributed by atoms with Crippen LogP contribution in [0.3, 0.4) is 0 Å². The third-order valence-corrected chi connectivity index (χ3v) is 5.29. The van der Waals surface area contributed by atoms with E-state index in [1.807, 2.05) is 72.8 Å². The molecule has 150 valence electrons. The minimum absolute atomic E-state index is 0.118. The molecule has 0 unspecified atom stereocenters. The number of fused-ring (bicyclic) bond motifs is 2. The molecule has 3 aromatic carbocycles. The zero-order valence-corrected chi connectivity index (χ0v) is 16.6. The number of aromatic nitrogens is 1. The van der Waals surface area contributed by atoms with Gasteiger partial charge >= 0.3 is 7.05 Å². The highest BCUT2D eigenvalue weighted by Crippen LogP contribution is 2.20. The third-order valence-electron chi connectivity index (χ3n) is 5.29. The second kappa shape index (κ2) is 8.05. The second-order valence-electron chi connectivity index (χ2n) is 7.42. The van der Waals surface area contributed by atoms with Crippen molar-refractivity contribution in [3.63, 3.8) is 0 Å². The van der Waals surface area contributed by atoms with E-state index in [1.165, 1.54) is 0 Å². The molecule has 2 heterocycles. The topological polar surface area (TPSA) is 77.8 Å². The van der Waals surface area contributed by atoms with Crippen molar-refractivity contribution in [2.45, 2.75) is 6.42 Å². The standard InChI is InChI=1S/C24H19BN4O2/c30-24(28-21-9-8-19-15-26-11-10-18(19)14-21)13-17-6-7-20-16-27-29(25(31)23(20)12-17)22-4-2-1-3-5-22/h1-12,14-16,31H,13H2,(H,28,30). The maximum absolute atomic E-state index is 12.6. The first kappa shape index (κ1) is 19.0. The summed E-state index contributed by atoms with van der Waals surface area (Å²) in [5, 5.41) is 20.2. The number of carbonyl (C=O) groups is 1. The van der Waals surface area contributed by atoms with Crippen molar-refractivity contribution < 1.29 is 9.82 Å². The van der Waals surface area contributed by atoms with Crippen molar-refractivity contribution in [3.8, 4) is 0 Å². The number of pyridine rings is 1. The van der Waals surface area contributed by atoms with Crippen molar-refractivity contribution in [1.29, 1.82) is 0 Å². The number of nitrogens with one attached hydrogen (secondary N) is 1. The van der Waals surface area contributed by atoms with Crippen LogP contribution < -0.4 is 15.7 Å². The number of nitrogens with zero attached hydrogens (tertiary/aromatic N) is 3. The van der Waals surface area contributed by atoms with Gasteiger partial charge in [-0.3, -0.25) is 14.7 Å². The van der Waals surface area contributed by atoms with Gasteiger partial charge in [0.25, 0.3) is 0 Å². The van der Waals surface area contributed by atoms with E-state index in [9.17, 15) is 9.82 Å². The van der Waals surface area contributed by atoms with E-state index < -0.39 is 7.05 Å². The molecule has 0 spiro atoms. The van der Waals surface area contributed by atoms with Crippen molar-refractivity contribution >= 4 is 46.8 Å². The smallest absolute Gasteiger partial charge is 0.427 e. The van der Waals surface area contributed by atoms with Crippen LogP contribution in [0.25, 0.3) is 10.8 Å². The average Bonchev–Trinajstić information content (AvgIpc) is 2.80. The molecule has 0 fully saturated rings. The van der Waals surface area contributed by atoms with E-state index >= 15 is 0 Å². The maximum Gasteiger partial charge on any atom is 0.471 e. The van der Waals surface area contributed by atoms with Crippen molar-refractivity contribution in [2.75, 3.05) is 10.2 Å². The van der Waals surface area contributed by atoms with Crippen LogP contribution in [-0.2, 0) is 11.2 Å². The number of hydrogen-bond acceptors (Lipinski definition) is 5. The minimum Gasteiger partial charge on any atom is -0.427 e. The Morgan fingerprint density at radius 2 is 1.87 bits per heavy atom. The van der Waals surface area contributed by atoms with Crippen LogP contribution in [0.5, 0.6) is 0 Å². The summed E-state index contributed by atoms with van der Waals surface area (Å²) in [6, 6.07) is 22.8. The third kappa shape index (κ3) is 3.91. The number of anilines is 2. The quantitative estimate of drug-likeness (QED) is 0.511. The van der Waals surface area contributed by atoms with Crippen LogP contribution in [-0.4, -0.2) is 29.2 Å². The first-order valence-electron chi connectivity index (χ1n) is 10.0. The van der Waals surface area contributed by atoms with E-state index in [4.69, 9.17) is 0 Å². The van der Waals surface area contributed by atoms with Crippen LogP contribution in [0.2, 0.25) is 0 Å². The van der Waals surface area contributed by atoms with Gasteiger partial charge < -0.3 is 10.3 Å². The van der Waals surface area contributed by atoms with Crippen LogP contribution >= 0.6 is 0 Å². The summed E-state index contributed by atoms with van der Waals surface area (Å²) in [6.07, 6.45) is 5.45. The summed E-state index contributed by atoms with van der Waals surface area (Å²) in [4.78, 5) is 18.3. The Bertz CT molecular complexity index is 1290. The van der Waals surface area contributed by atoms with Crippen LogP contribution in [0, 0.1) is 0 Å². The van der Waals surface area contributed by atoms with Gasteiger partial charge in [0, 0.05) is 29.2 Å². The molecular formula is C24H19BN4O2. The zero-order chi connectivity index (χ0) is 21.2. The summed E-state index contributed by atoms with van der Waals surface area (Å²) in [5.41, 5.74) is 3.92. The highest BCUT2D eigenvalue weighted by atomic mass is 16.2. The highest BCUT2D eigenvalue weighted by Gasteiger charge is 2.30. The summed E-state index contributed by atoms with van der Waals surface area (Å²) < 4.78 is 0. The number of hydrogen-bond donors (Lipinski definition) is 2. The average molecular weight is 406 g/mol. The molecule has 1 aliphatic heterocycles. The fourth-order valence-corrected chi connectivity index (χ4v) is 3.73. The van der Waals surface area contributed by atoms with Crippen molar-refractivity contribution in [2.24, 2.45) is 5.10 Å². The number of hydrazone groups is 1. The molecule has 31 heavy (non-hydrogen) atoms. The lowest BCUT2D eigenvalue weighted by Crippen LogP contribution is -2.50. The Kier molecular flexibility index (Phi) is 4.94. The SMILES string of the molecule is O=C(Cc1ccc2c(c1)B(O)N(c1ccccc1)N=C2)Nc1ccc2cnccc2c1. The van der Waals surface area contributed by atoms with E-state index in [2.05, 4.69) is 15.4 Å². The van der Waals surface area contributed by atoms with Gasteiger partial charge in [-0.25, -0.2) is 0 Å². The minimum atomic E-state index is -0.917. The van der Waals surface area contributed by atoms with E-state index in [0.29, 0.717) is 0 Å². The van der Waals surface area contributed by atoms with Gasteiger partial charge in [0.15, 0.2) is 0 Å². The first-order valence-corrected chi connectivity index (χ1v) is 10.0. The van der Waals surface area contributed by atoms with Gasteiger partial charge in [0.1, 0.15) is 0 Å². The van der Waals surface area contributed by atoms with E-state index in [1.54, 1.807) is 23.5 Å². The molecule has 1 aromatic heterocycles. The fourth-order valence-electron chi connectivity index (χ4n) is 3.73. The lowest BCUT2D eigenvalue weighted by Gasteiger charge is -2.27. The lowest BCUT2D eigenvalue weighted by atomic mass is 9.69. The molecule has 0 bridgehead atoms. The molecule has 7 heteroatoms. The fraction of sp³-hybridized carbons (Fsp3) is 0.0417. The van der Waals surface area contributed by atoms with Gasteiger partial charge in [-0.1, -0.05) is 42.5 Å². The summed E-state index contributed by atoms with van der Waals surface area (Å²) in [7, 11) is -0.917. The van der Waals surface area contributed by atoms with E-state index in [0.717, 1.165) is 38.7 Å². The molecule has 0 saturated heterocycles. The summed E-state index contributed by atoms with van der Waals surface area (Å²) in [6.45, 7) is 0. The van der Waals surface area contributed by atoms with Crippen molar-refractivity contribution in [3.05, 3.63) is 96.3 Å². The molecule has 0 radical (unpaired) electrons. The van der Waals surface area contributed by atoms with Gasteiger partial charge in [0.2, 0.25) is 5.91 Å². The first-order chi connectivity index (χ1) is 15.2. The molecule has 0 atom stereocenters. The molecule has 0 aliphatic carbocycles. The Hall–Kier alpha value is -3.97. The van der Waals surface area contributed by atoms with Gasteiger partial charge in [0.05, 0.1) is 12.6 Å². The number of benzene rings is 3. The summed E-state index contributed by atoms with van der Waals surface area (Å²) in [5.74, 6) is -0.118. The second-order valence-corrected chi connectivity index (χ2v) is 7.42. The normalized spacial score (nSPS) is 12.7. The molecule has 1 amide bonds. The molecular weight excluding hydrogens is 387 g/mol. The Morgan fingerprint density at radius 3 is 2.74 bits per heavy atom. The highest BCUT2D eigenvalue weighted by molar-refractivity contribution is 6.71. The Morgan fingerprint density at radius 1 is 1.00 bits per heavy atom. The largest absolute Gasteiger partial charge is 0.471 e. The van der Waals surface area contributed by atoms with Gasteiger partial charge in [-0.15, -0.1) is 0 Å². The van der Waals surface area contributed by atoms with Crippen molar-refractivity contribution in [1.82, 2.24) is 4.98 Å². The summed E-state index contributed by atoms with van der Waals surface area (Å²) >= 11 is 0. The maximum atomic E-state index is 12.6. The molecule has 0 saturated carbocycles. The van der Waals surface area contributed by atoms with Crippen LogP contribution in [0.4, 0.5) is 11.4 Å². The van der Waals surface area contributed by atoms with Crippen LogP contribution in [0.15, 0.2) is 90.3 Å². The monoisotopic (exact) mass is 406 g/mol. The lowest BCUT2D eigenvalue weighted by molar-refractivity contribution is -0.115. The number of para-hydroxylation sites is 1. The molecule has 2 N–H and O–H groups in total. The van der Waals surface area contributed by atoms with Gasteiger partial charge in [-0.2, -0.15) is 5.10 Å². The van der Waals surface area contributed by atoms with Gasteiger partial charge in [-0.05, 0) is 52.3 Å². The molecule has 5 rings (SSSR count). The van der Waals surface area contributed by atoms with Crippen LogP contribution in [0.1, 0.15) is 11.1 Å². The number of carbonyl (C=O) groups excluding carboxylic acids is 1. The number of rotatable bonds is 4. The Labute approximate surface area is 180 Å². The predicted octanol–water partition coefficient (Wildman–Crippen LogP) is 2.96. The Balaban J connectivity index is 1.33. The number of amides is 1. The molecule has 6 nitrogen and oxygen atoms in total. The zero-order valence-electron chi connectivity index (χ0n) is 16.6. The molecule has 4 aromatic rings. The van der Waals surface area contributed by atoms with E-state index in [-0.39, 0.29) is 12.3 Å². The predicted molar refractivity (Wildman–Crippen MR) is 125 cm³/mol.